The topological polar surface area (TPSA) is 48.5 Å². The van der Waals surface area contributed by atoms with Crippen LogP contribution in [0.25, 0.3) is 0 Å². The maximum absolute atomic E-state index is 4.53. The Morgan fingerprint density at radius 3 is 2.22 bits per heavy atom. The predicted molar refractivity (Wildman–Crippen MR) is 108 cm³/mol. The van der Waals surface area contributed by atoms with Crippen molar-refractivity contribution in [1.82, 2.24) is 24.3 Å². The fourth-order valence-corrected chi connectivity index (χ4v) is 3.90. The van der Waals surface area contributed by atoms with Gasteiger partial charge in [-0.3, -0.25) is 0 Å². The maximum atomic E-state index is 4.53. The second-order valence-corrected chi connectivity index (χ2v) is 7.29. The quantitative estimate of drug-likeness (QED) is 0.455. The number of hydrogen-bond donors (Lipinski definition) is 0. The Bertz CT molecular complexity index is 992. The molecule has 0 bridgehead atoms. The van der Waals surface area contributed by atoms with Gasteiger partial charge in [-0.05, 0) is 18.1 Å². The highest BCUT2D eigenvalue weighted by Crippen LogP contribution is 2.22. The van der Waals surface area contributed by atoms with E-state index in [1.165, 1.54) is 11.1 Å². The van der Waals surface area contributed by atoms with Crippen molar-refractivity contribution in [1.29, 1.82) is 0 Å². The minimum atomic E-state index is 0.757. The molecule has 0 unspecified atom stereocenters. The third kappa shape index (κ3) is 4.28. The summed E-state index contributed by atoms with van der Waals surface area (Å²) in [6.07, 6.45) is 3.89. The van der Waals surface area contributed by atoms with Gasteiger partial charge >= 0.3 is 0 Å². The number of thioether (sulfide) groups is 1. The molecule has 2 aromatic heterocycles. The van der Waals surface area contributed by atoms with Gasteiger partial charge in [0.2, 0.25) is 0 Å². The average molecular weight is 376 g/mol. The van der Waals surface area contributed by atoms with Crippen LogP contribution in [0.5, 0.6) is 0 Å². The molecule has 27 heavy (non-hydrogen) atoms. The van der Waals surface area contributed by atoms with E-state index >= 15 is 0 Å². The molecule has 4 rings (SSSR count). The van der Waals surface area contributed by atoms with Gasteiger partial charge in [0.1, 0.15) is 11.6 Å². The average Bonchev–Trinajstić information content (AvgIpc) is 3.29. The number of nitrogens with zero attached hydrogens (tertiary/aromatic N) is 5. The van der Waals surface area contributed by atoms with Gasteiger partial charge in [-0.2, -0.15) is 0 Å². The van der Waals surface area contributed by atoms with Gasteiger partial charge < -0.3 is 9.13 Å². The number of hydrogen-bond acceptors (Lipinski definition) is 4. The van der Waals surface area contributed by atoms with Crippen LogP contribution in [-0.2, 0) is 18.8 Å². The highest BCUT2D eigenvalue weighted by Gasteiger charge is 2.12. The van der Waals surface area contributed by atoms with Crippen LogP contribution >= 0.6 is 11.8 Å². The van der Waals surface area contributed by atoms with Gasteiger partial charge in [-0.15, -0.1) is 10.2 Å². The molecule has 4 aromatic rings. The third-order valence-electron chi connectivity index (χ3n) is 4.41. The summed E-state index contributed by atoms with van der Waals surface area (Å²) in [5.74, 6) is 2.72. The Kier molecular flexibility index (Phi) is 5.34. The summed E-state index contributed by atoms with van der Waals surface area (Å²) in [5, 5.41) is 9.55. The highest BCUT2D eigenvalue weighted by molar-refractivity contribution is 7.98. The first-order chi connectivity index (χ1) is 13.3. The van der Waals surface area contributed by atoms with Crippen LogP contribution < -0.4 is 0 Å². The van der Waals surface area contributed by atoms with Crippen LogP contribution in [0.1, 0.15) is 22.8 Å². The van der Waals surface area contributed by atoms with E-state index in [4.69, 9.17) is 0 Å². The van der Waals surface area contributed by atoms with Crippen molar-refractivity contribution >= 4 is 11.8 Å². The van der Waals surface area contributed by atoms with Gasteiger partial charge in [-0.1, -0.05) is 72.4 Å². The smallest absolute Gasteiger partial charge is 0.191 e. The summed E-state index contributed by atoms with van der Waals surface area (Å²) in [7, 11) is 0. The first kappa shape index (κ1) is 17.5. The molecule has 0 aliphatic heterocycles. The van der Waals surface area contributed by atoms with Crippen molar-refractivity contribution in [2.45, 2.75) is 30.9 Å². The van der Waals surface area contributed by atoms with Gasteiger partial charge in [0.25, 0.3) is 0 Å². The van der Waals surface area contributed by atoms with Crippen molar-refractivity contribution in [3.05, 3.63) is 95.8 Å². The second-order valence-electron chi connectivity index (χ2n) is 6.35. The second kappa shape index (κ2) is 8.22. The monoisotopic (exact) mass is 375 g/mol. The van der Waals surface area contributed by atoms with Gasteiger partial charge in [0.05, 0.1) is 12.3 Å². The molecule has 0 radical (unpaired) electrons. The molecule has 0 N–H and O–H groups in total. The summed E-state index contributed by atoms with van der Waals surface area (Å²) in [4.78, 5) is 4.53. The fourth-order valence-electron chi connectivity index (χ4n) is 2.95. The van der Waals surface area contributed by atoms with E-state index in [0.717, 1.165) is 35.6 Å². The van der Waals surface area contributed by atoms with Crippen LogP contribution in [0.2, 0.25) is 0 Å². The minimum Gasteiger partial charge on any atom is -0.330 e. The lowest BCUT2D eigenvalue weighted by molar-refractivity contribution is 0.686. The molecule has 6 heteroatoms. The van der Waals surface area contributed by atoms with E-state index in [-0.39, 0.29) is 0 Å². The molecule has 0 saturated carbocycles. The van der Waals surface area contributed by atoms with Crippen LogP contribution in [0.3, 0.4) is 0 Å². The molecule has 0 aliphatic rings. The van der Waals surface area contributed by atoms with Crippen molar-refractivity contribution < 1.29 is 0 Å². The van der Waals surface area contributed by atoms with Crippen molar-refractivity contribution in [3.8, 4) is 0 Å². The van der Waals surface area contributed by atoms with Crippen LogP contribution in [-0.4, -0.2) is 24.3 Å². The number of rotatable bonds is 7. The van der Waals surface area contributed by atoms with Gasteiger partial charge in [-0.25, -0.2) is 4.98 Å². The molecule has 0 aliphatic carbocycles. The molecule has 136 valence electrons. The van der Waals surface area contributed by atoms with Crippen molar-refractivity contribution in [2.75, 3.05) is 0 Å². The standard InChI is InChI=1S/C21H21N5S/c1-17-23-24-21(26(17)15-19-10-6-3-7-11-19)27-16-20-22-12-13-25(20)14-18-8-4-2-5-9-18/h2-13H,14-16H2,1H3. The first-order valence-corrected chi connectivity index (χ1v) is 9.88. The lowest BCUT2D eigenvalue weighted by atomic mass is 10.2. The molecule has 0 spiro atoms. The van der Waals surface area contributed by atoms with Crippen LogP contribution in [0.15, 0.2) is 78.2 Å². The van der Waals surface area contributed by atoms with E-state index in [2.05, 4.69) is 72.8 Å². The lowest BCUT2D eigenvalue weighted by Gasteiger charge is -2.10. The van der Waals surface area contributed by atoms with E-state index in [0.29, 0.717) is 0 Å². The molecule has 2 aromatic carbocycles. The number of benzene rings is 2. The lowest BCUT2D eigenvalue weighted by Crippen LogP contribution is -2.06. The zero-order valence-corrected chi connectivity index (χ0v) is 16.0. The molecule has 0 atom stereocenters. The minimum absolute atomic E-state index is 0.757. The maximum Gasteiger partial charge on any atom is 0.191 e. The Morgan fingerprint density at radius 1 is 0.852 bits per heavy atom. The summed E-state index contributed by atoms with van der Waals surface area (Å²) in [6.45, 7) is 3.60. The third-order valence-corrected chi connectivity index (χ3v) is 5.38. The Balaban J connectivity index is 1.47. The van der Waals surface area contributed by atoms with Crippen molar-refractivity contribution in [3.63, 3.8) is 0 Å². The molecule has 2 heterocycles. The molecule has 5 nitrogen and oxygen atoms in total. The van der Waals surface area contributed by atoms with E-state index in [9.17, 15) is 0 Å². The Labute approximate surface area is 163 Å². The summed E-state index contributed by atoms with van der Waals surface area (Å²) < 4.78 is 4.34. The van der Waals surface area contributed by atoms with Gasteiger partial charge in [0.15, 0.2) is 5.16 Å². The SMILES string of the molecule is Cc1nnc(SCc2nccn2Cc2ccccc2)n1Cc1ccccc1. The summed E-state index contributed by atoms with van der Waals surface area (Å²) in [5.41, 5.74) is 2.51. The Hall–Kier alpha value is -2.86. The zero-order chi connectivity index (χ0) is 18.5. The predicted octanol–water partition coefficient (Wildman–Crippen LogP) is 4.17. The summed E-state index contributed by atoms with van der Waals surface area (Å²) in [6, 6.07) is 20.8. The molecule has 0 amide bonds. The summed E-state index contributed by atoms with van der Waals surface area (Å²) >= 11 is 1.68. The zero-order valence-electron chi connectivity index (χ0n) is 15.2. The molecular weight excluding hydrogens is 354 g/mol. The largest absolute Gasteiger partial charge is 0.330 e. The van der Waals surface area contributed by atoms with E-state index < -0.39 is 0 Å². The molecular formula is C21H21N5S. The van der Waals surface area contributed by atoms with E-state index in [1.54, 1.807) is 11.8 Å². The Morgan fingerprint density at radius 2 is 1.52 bits per heavy atom. The fraction of sp³-hybridized carbons (Fsp3) is 0.190. The number of aromatic nitrogens is 5. The van der Waals surface area contributed by atoms with Crippen LogP contribution in [0, 0.1) is 6.92 Å². The van der Waals surface area contributed by atoms with Crippen molar-refractivity contribution in [2.24, 2.45) is 0 Å². The van der Waals surface area contributed by atoms with Gasteiger partial charge in [0, 0.05) is 18.9 Å². The molecule has 0 saturated heterocycles. The highest BCUT2D eigenvalue weighted by atomic mass is 32.2. The van der Waals surface area contributed by atoms with Crippen LogP contribution in [0.4, 0.5) is 0 Å². The normalized spacial score (nSPS) is 11.0. The molecule has 0 fully saturated rings. The van der Waals surface area contributed by atoms with E-state index in [1.807, 2.05) is 31.5 Å². The number of imidazole rings is 1. The first-order valence-electron chi connectivity index (χ1n) is 8.90. The number of aryl methyl sites for hydroxylation is 1.